The first kappa shape index (κ1) is 22.9. The van der Waals surface area contributed by atoms with Crippen molar-refractivity contribution in [3.05, 3.63) is 34.1 Å². The monoisotopic (exact) mass is 423 g/mol. The molecule has 1 heterocycles. The van der Waals surface area contributed by atoms with E-state index in [1.54, 1.807) is 25.7 Å². The number of hydrogen-bond donors (Lipinski definition) is 1. The van der Waals surface area contributed by atoms with Gasteiger partial charge in [-0.3, -0.25) is 14.4 Å². The van der Waals surface area contributed by atoms with Crippen molar-refractivity contribution in [3.63, 3.8) is 0 Å². The molecule has 158 valence electrons. The van der Waals surface area contributed by atoms with Crippen molar-refractivity contribution in [2.24, 2.45) is 0 Å². The Morgan fingerprint density at radius 2 is 1.97 bits per heavy atom. The predicted octanol–water partition coefficient (Wildman–Crippen LogP) is 4.14. The lowest BCUT2D eigenvalue weighted by Crippen LogP contribution is -2.41. The number of imide groups is 1. The van der Waals surface area contributed by atoms with Crippen LogP contribution >= 0.6 is 11.6 Å². The van der Waals surface area contributed by atoms with Crippen LogP contribution in [0.15, 0.2) is 23.3 Å². The van der Waals surface area contributed by atoms with Crippen LogP contribution in [0.3, 0.4) is 0 Å². The summed E-state index contributed by atoms with van der Waals surface area (Å²) in [6, 6.07) is 1.73. The van der Waals surface area contributed by atoms with Crippen LogP contribution in [0.4, 0.5) is 15.8 Å². The quantitative estimate of drug-likeness (QED) is 0.528. The molecule has 1 atom stereocenters. The largest absolute Gasteiger partial charge is 0.373 e. The van der Waals surface area contributed by atoms with Gasteiger partial charge in [0, 0.05) is 18.7 Å². The van der Waals surface area contributed by atoms with Crippen LogP contribution in [-0.2, 0) is 14.4 Å². The fourth-order valence-electron chi connectivity index (χ4n) is 3.27. The van der Waals surface area contributed by atoms with Crippen LogP contribution in [0.1, 0.15) is 47.5 Å². The molecule has 0 saturated carbocycles. The Balaban J connectivity index is 2.35. The molecule has 1 aromatic rings. The highest BCUT2D eigenvalue weighted by Gasteiger charge is 2.37. The molecule has 2 rings (SSSR count). The van der Waals surface area contributed by atoms with Gasteiger partial charge in [-0.25, -0.2) is 9.29 Å². The number of amides is 3. The molecule has 0 radical (unpaired) electrons. The predicted molar refractivity (Wildman–Crippen MR) is 113 cm³/mol. The normalized spacial score (nSPS) is 15.0. The molecule has 6 nitrogen and oxygen atoms in total. The Bertz CT molecular complexity index is 865. The van der Waals surface area contributed by atoms with Gasteiger partial charge >= 0.3 is 0 Å². The van der Waals surface area contributed by atoms with Gasteiger partial charge in [-0.2, -0.15) is 0 Å². The fraction of sp³-hybridized carbons (Fsp3) is 0.476. The number of nitrogens with zero attached hydrogens (tertiary/aromatic N) is 2. The van der Waals surface area contributed by atoms with Gasteiger partial charge < -0.3 is 10.2 Å². The van der Waals surface area contributed by atoms with Crippen molar-refractivity contribution in [1.82, 2.24) is 4.90 Å². The highest BCUT2D eigenvalue weighted by Crippen LogP contribution is 2.35. The summed E-state index contributed by atoms with van der Waals surface area (Å²) in [7, 11) is 0. The fourth-order valence-corrected chi connectivity index (χ4v) is 3.48. The molecule has 1 fully saturated rings. The summed E-state index contributed by atoms with van der Waals surface area (Å²) in [5.74, 6) is -1.93. The van der Waals surface area contributed by atoms with E-state index in [1.807, 2.05) is 13.8 Å². The Labute approximate surface area is 175 Å². The van der Waals surface area contributed by atoms with Gasteiger partial charge in [0.05, 0.1) is 22.8 Å². The first-order valence-corrected chi connectivity index (χ1v) is 10.1. The molecule has 1 unspecified atom stereocenters. The van der Waals surface area contributed by atoms with Crippen molar-refractivity contribution >= 4 is 40.7 Å². The Hall–Kier alpha value is -2.41. The minimum absolute atomic E-state index is 0.0611. The van der Waals surface area contributed by atoms with E-state index in [-0.39, 0.29) is 28.7 Å². The molecule has 8 heteroatoms. The minimum atomic E-state index is -0.780. The van der Waals surface area contributed by atoms with Gasteiger partial charge in [0.2, 0.25) is 11.8 Å². The standard InChI is InChI=1S/C21H27ClFN3O3/c1-6-8-25(7-2)20(28)13(5)24-17-11-18(16(23)10-15(17)22)26-19(27)9-14(12(3)4)21(26)29/h10-11,13,24H,6-9H2,1-5H3. The highest BCUT2D eigenvalue weighted by atomic mass is 35.5. The van der Waals surface area contributed by atoms with Gasteiger partial charge in [-0.05, 0) is 46.2 Å². The second-order valence-corrected chi connectivity index (χ2v) is 7.66. The van der Waals surface area contributed by atoms with Crippen molar-refractivity contribution in [3.8, 4) is 0 Å². The van der Waals surface area contributed by atoms with E-state index >= 15 is 0 Å². The Kier molecular flexibility index (Phi) is 7.41. The molecule has 1 aliphatic rings. The van der Waals surface area contributed by atoms with E-state index in [9.17, 15) is 18.8 Å². The van der Waals surface area contributed by atoms with E-state index in [1.165, 1.54) is 6.07 Å². The molecule has 1 aliphatic heterocycles. The summed E-state index contributed by atoms with van der Waals surface area (Å²) in [6.45, 7) is 10.2. The summed E-state index contributed by atoms with van der Waals surface area (Å²) >= 11 is 6.16. The van der Waals surface area contributed by atoms with Gasteiger partial charge in [0.1, 0.15) is 11.9 Å². The summed E-state index contributed by atoms with van der Waals surface area (Å²) in [6.07, 6.45) is 0.767. The van der Waals surface area contributed by atoms with Crippen LogP contribution in [0, 0.1) is 5.82 Å². The lowest BCUT2D eigenvalue weighted by molar-refractivity contribution is -0.131. The summed E-state index contributed by atoms with van der Waals surface area (Å²) in [5.41, 5.74) is 1.18. The van der Waals surface area contributed by atoms with Gasteiger partial charge in [0.25, 0.3) is 5.91 Å². The first-order valence-electron chi connectivity index (χ1n) is 9.70. The zero-order valence-corrected chi connectivity index (χ0v) is 18.2. The SMILES string of the molecule is CCCN(CC)C(=O)C(C)Nc1cc(N2C(=O)CC(=C(C)C)C2=O)c(F)cc1Cl. The number of nitrogens with one attached hydrogen (secondary N) is 1. The molecule has 3 amide bonds. The van der Waals surface area contributed by atoms with Crippen molar-refractivity contribution in [2.75, 3.05) is 23.3 Å². The number of likely N-dealkylation sites (N-methyl/N-ethyl adjacent to an activating group) is 1. The van der Waals surface area contributed by atoms with Crippen LogP contribution in [-0.4, -0.2) is 41.8 Å². The summed E-state index contributed by atoms with van der Waals surface area (Å²) < 4.78 is 14.6. The first-order chi connectivity index (χ1) is 13.6. The maximum Gasteiger partial charge on any atom is 0.261 e. The lowest BCUT2D eigenvalue weighted by atomic mass is 10.1. The average molecular weight is 424 g/mol. The number of allylic oxidation sites excluding steroid dienone is 1. The molecule has 0 spiro atoms. The van der Waals surface area contributed by atoms with Gasteiger partial charge in [-0.1, -0.05) is 24.1 Å². The maximum atomic E-state index is 14.6. The van der Waals surface area contributed by atoms with Crippen molar-refractivity contribution < 1.29 is 18.8 Å². The molecule has 1 aromatic carbocycles. The number of hydrogen-bond acceptors (Lipinski definition) is 4. The van der Waals surface area contributed by atoms with E-state index in [0.717, 1.165) is 17.4 Å². The lowest BCUT2D eigenvalue weighted by Gasteiger charge is -2.26. The molecule has 0 aromatic heterocycles. The topological polar surface area (TPSA) is 69.7 Å². The van der Waals surface area contributed by atoms with Crippen LogP contribution in [0.2, 0.25) is 5.02 Å². The third-order valence-electron chi connectivity index (χ3n) is 4.85. The van der Waals surface area contributed by atoms with E-state index < -0.39 is 23.7 Å². The summed E-state index contributed by atoms with van der Waals surface area (Å²) in [4.78, 5) is 40.2. The number of halogens is 2. The number of carbonyl (C=O) groups is 3. The zero-order chi connectivity index (χ0) is 21.9. The molecule has 1 N–H and O–H groups in total. The number of rotatable bonds is 7. The van der Waals surface area contributed by atoms with Gasteiger partial charge in [0.15, 0.2) is 0 Å². The molecular weight excluding hydrogens is 397 g/mol. The van der Waals surface area contributed by atoms with Gasteiger partial charge in [-0.15, -0.1) is 0 Å². The second kappa shape index (κ2) is 9.39. The maximum absolute atomic E-state index is 14.6. The smallest absolute Gasteiger partial charge is 0.261 e. The van der Waals surface area contributed by atoms with Crippen molar-refractivity contribution in [2.45, 2.75) is 53.5 Å². The minimum Gasteiger partial charge on any atom is -0.373 e. The average Bonchev–Trinajstić information content (AvgIpc) is 2.96. The molecule has 0 bridgehead atoms. The number of anilines is 2. The molecule has 1 saturated heterocycles. The third-order valence-corrected chi connectivity index (χ3v) is 5.16. The molecular formula is C21H27ClFN3O3. The highest BCUT2D eigenvalue weighted by molar-refractivity contribution is 6.34. The van der Waals surface area contributed by atoms with Crippen LogP contribution < -0.4 is 10.2 Å². The van der Waals surface area contributed by atoms with Crippen molar-refractivity contribution in [1.29, 1.82) is 0 Å². The number of benzene rings is 1. The molecule has 29 heavy (non-hydrogen) atoms. The number of carbonyl (C=O) groups excluding carboxylic acids is 3. The zero-order valence-electron chi connectivity index (χ0n) is 17.4. The third kappa shape index (κ3) is 4.78. The van der Waals surface area contributed by atoms with Crippen LogP contribution in [0.5, 0.6) is 0 Å². The van der Waals surface area contributed by atoms with Crippen LogP contribution in [0.25, 0.3) is 0 Å². The Morgan fingerprint density at radius 1 is 1.31 bits per heavy atom. The van der Waals surface area contributed by atoms with E-state index in [0.29, 0.717) is 24.2 Å². The second-order valence-electron chi connectivity index (χ2n) is 7.26. The van der Waals surface area contributed by atoms with E-state index in [4.69, 9.17) is 11.6 Å². The summed E-state index contributed by atoms with van der Waals surface area (Å²) in [5, 5.41) is 3.05. The molecule has 0 aliphatic carbocycles. The van der Waals surface area contributed by atoms with E-state index in [2.05, 4.69) is 5.32 Å². The Morgan fingerprint density at radius 3 is 2.48 bits per heavy atom.